The van der Waals surface area contributed by atoms with Gasteiger partial charge in [-0.15, -0.1) is 0 Å². The molecule has 0 aliphatic heterocycles. The maximum absolute atomic E-state index is 12.0. The van der Waals surface area contributed by atoms with Crippen LogP contribution in [0, 0.1) is 13.8 Å². The summed E-state index contributed by atoms with van der Waals surface area (Å²) in [4.78, 5) is 23.8. The number of thioether (sulfide) groups is 1. The Hall–Kier alpha value is -2.47. The second-order valence-electron chi connectivity index (χ2n) is 5.67. The van der Waals surface area contributed by atoms with Gasteiger partial charge in [0.05, 0.1) is 0 Å². The molecule has 132 valence electrons. The van der Waals surface area contributed by atoms with E-state index in [1.54, 1.807) is 23.9 Å². The minimum atomic E-state index is -0.425. The van der Waals surface area contributed by atoms with Gasteiger partial charge in [0.15, 0.2) is 6.61 Å². The number of hydrazine groups is 1. The lowest BCUT2D eigenvalue weighted by atomic mass is 10.1. The van der Waals surface area contributed by atoms with Crippen molar-refractivity contribution in [3.63, 3.8) is 0 Å². The fraction of sp³-hybridized carbons (Fsp3) is 0.263. The number of carbonyl (C=O) groups is 2. The number of hydrogen-bond donors (Lipinski definition) is 2. The molecule has 5 nitrogen and oxygen atoms in total. The molecule has 0 saturated carbocycles. The summed E-state index contributed by atoms with van der Waals surface area (Å²) in [6, 6.07) is 12.9. The van der Waals surface area contributed by atoms with Gasteiger partial charge >= 0.3 is 0 Å². The van der Waals surface area contributed by atoms with Gasteiger partial charge in [0.2, 0.25) is 0 Å². The first kappa shape index (κ1) is 18.9. The molecular formula is C19H22N2O3S. The Morgan fingerprint density at radius 2 is 1.72 bits per heavy atom. The molecule has 2 amide bonds. The fourth-order valence-corrected chi connectivity index (χ4v) is 2.63. The predicted molar refractivity (Wildman–Crippen MR) is 101 cm³/mol. The highest BCUT2D eigenvalue weighted by Gasteiger charge is 2.08. The molecule has 0 atom stereocenters. The maximum Gasteiger partial charge on any atom is 0.276 e. The summed E-state index contributed by atoms with van der Waals surface area (Å²) in [5, 5.41) is 0. The highest BCUT2D eigenvalue weighted by Crippen LogP contribution is 2.16. The van der Waals surface area contributed by atoms with E-state index in [2.05, 4.69) is 10.9 Å². The average Bonchev–Trinajstić information content (AvgIpc) is 2.61. The summed E-state index contributed by atoms with van der Waals surface area (Å²) in [7, 11) is 0. The van der Waals surface area contributed by atoms with E-state index in [1.807, 2.05) is 50.4 Å². The van der Waals surface area contributed by atoms with Crippen LogP contribution in [0.15, 0.2) is 42.5 Å². The second-order valence-corrected chi connectivity index (χ2v) is 6.53. The van der Waals surface area contributed by atoms with Crippen molar-refractivity contribution in [3.05, 3.63) is 64.7 Å². The van der Waals surface area contributed by atoms with Gasteiger partial charge in [-0.3, -0.25) is 20.4 Å². The van der Waals surface area contributed by atoms with Crippen molar-refractivity contribution in [2.75, 3.05) is 12.9 Å². The van der Waals surface area contributed by atoms with E-state index < -0.39 is 5.91 Å². The Kier molecular flexibility index (Phi) is 6.89. The van der Waals surface area contributed by atoms with E-state index >= 15 is 0 Å². The largest absolute Gasteiger partial charge is 0.484 e. The Labute approximate surface area is 152 Å². The first-order chi connectivity index (χ1) is 12.0. The van der Waals surface area contributed by atoms with Crippen molar-refractivity contribution in [2.24, 2.45) is 0 Å². The quantitative estimate of drug-likeness (QED) is 0.779. The van der Waals surface area contributed by atoms with E-state index in [1.165, 1.54) is 0 Å². The third-order valence-electron chi connectivity index (χ3n) is 3.69. The van der Waals surface area contributed by atoms with Gasteiger partial charge in [0.25, 0.3) is 11.8 Å². The van der Waals surface area contributed by atoms with Crippen molar-refractivity contribution in [3.8, 4) is 5.75 Å². The molecule has 0 aromatic heterocycles. The Morgan fingerprint density at radius 3 is 2.36 bits per heavy atom. The number of aryl methyl sites for hydroxylation is 2. The molecule has 0 unspecified atom stereocenters. The molecule has 2 N–H and O–H groups in total. The topological polar surface area (TPSA) is 67.4 Å². The molecule has 0 heterocycles. The lowest BCUT2D eigenvalue weighted by Gasteiger charge is -2.10. The summed E-state index contributed by atoms with van der Waals surface area (Å²) in [6.45, 7) is 3.82. The monoisotopic (exact) mass is 358 g/mol. The lowest BCUT2D eigenvalue weighted by Crippen LogP contribution is -2.43. The number of rotatable bonds is 6. The minimum absolute atomic E-state index is 0.171. The standard InChI is InChI=1S/C19H22N2O3S/c1-13-4-9-17(10-14(13)2)24-11-18(22)20-21-19(23)16-7-5-15(6-8-16)12-25-3/h4-10H,11-12H2,1-3H3,(H,20,22)(H,21,23). The molecule has 0 bridgehead atoms. The zero-order valence-corrected chi connectivity index (χ0v) is 15.4. The molecule has 2 aromatic rings. The number of carbonyl (C=O) groups excluding carboxylic acids is 2. The number of hydrogen-bond acceptors (Lipinski definition) is 4. The van der Waals surface area contributed by atoms with Gasteiger partial charge in [-0.25, -0.2) is 0 Å². The van der Waals surface area contributed by atoms with Crippen LogP contribution in [0.2, 0.25) is 0 Å². The van der Waals surface area contributed by atoms with Crippen molar-refractivity contribution in [1.82, 2.24) is 10.9 Å². The Morgan fingerprint density at radius 1 is 1.00 bits per heavy atom. The van der Waals surface area contributed by atoms with E-state index in [-0.39, 0.29) is 12.5 Å². The zero-order valence-electron chi connectivity index (χ0n) is 14.6. The molecule has 2 aromatic carbocycles. The number of amides is 2. The fourth-order valence-electron chi connectivity index (χ4n) is 2.11. The van der Waals surface area contributed by atoms with Crippen molar-refractivity contribution in [1.29, 1.82) is 0 Å². The third kappa shape index (κ3) is 5.83. The van der Waals surface area contributed by atoms with E-state index in [9.17, 15) is 9.59 Å². The van der Waals surface area contributed by atoms with Gasteiger partial charge in [-0.05, 0) is 61.1 Å². The van der Waals surface area contributed by atoms with Crippen molar-refractivity contribution < 1.29 is 14.3 Å². The third-order valence-corrected chi connectivity index (χ3v) is 4.31. The maximum atomic E-state index is 12.0. The highest BCUT2D eigenvalue weighted by molar-refractivity contribution is 7.97. The molecule has 2 rings (SSSR count). The van der Waals surface area contributed by atoms with Crippen LogP contribution in [0.1, 0.15) is 27.0 Å². The van der Waals surface area contributed by atoms with Crippen molar-refractivity contribution in [2.45, 2.75) is 19.6 Å². The number of nitrogens with one attached hydrogen (secondary N) is 2. The van der Waals surface area contributed by atoms with Crippen LogP contribution in [0.5, 0.6) is 5.75 Å². The van der Waals surface area contributed by atoms with Crippen LogP contribution < -0.4 is 15.6 Å². The molecule has 25 heavy (non-hydrogen) atoms. The number of ether oxygens (including phenoxy) is 1. The molecule has 6 heteroatoms. The van der Waals surface area contributed by atoms with Gasteiger partial charge in [0, 0.05) is 11.3 Å². The van der Waals surface area contributed by atoms with Crippen LogP contribution in [-0.4, -0.2) is 24.7 Å². The summed E-state index contributed by atoms with van der Waals surface area (Å²) in [5.41, 5.74) is 8.62. The first-order valence-corrected chi connectivity index (χ1v) is 9.26. The van der Waals surface area contributed by atoms with Gasteiger partial charge in [-0.2, -0.15) is 11.8 Å². The molecule has 0 aliphatic carbocycles. The van der Waals surface area contributed by atoms with E-state index in [0.717, 1.165) is 22.4 Å². The highest BCUT2D eigenvalue weighted by atomic mass is 32.2. The van der Waals surface area contributed by atoms with Gasteiger partial charge < -0.3 is 4.74 Å². The molecule has 0 spiro atoms. The summed E-state index contributed by atoms with van der Waals surface area (Å²) >= 11 is 1.72. The lowest BCUT2D eigenvalue weighted by molar-refractivity contribution is -0.123. The van der Waals surface area contributed by atoms with Gasteiger partial charge in [0.1, 0.15) is 5.75 Å². The van der Waals surface area contributed by atoms with Crippen LogP contribution in [0.25, 0.3) is 0 Å². The van der Waals surface area contributed by atoms with E-state index in [0.29, 0.717) is 11.3 Å². The molecule has 0 fully saturated rings. The summed E-state index contributed by atoms with van der Waals surface area (Å²) in [5.74, 6) is 0.726. The van der Waals surface area contributed by atoms with Crippen LogP contribution >= 0.6 is 11.8 Å². The summed E-state index contributed by atoms with van der Waals surface area (Å²) < 4.78 is 5.42. The van der Waals surface area contributed by atoms with E-state index in [4.69, 9.17) is 4.74 Å². The van der Waals surface area contributed by atoms with Crippen LogP contribution in [-0.2, 0) is 10.5 Å². The summed E-state index contributed by atoms with van der Waals surface area (Å²) in [6.07, 6.45) is 2.02. The zero-order chi connectivity index (χ0) is 18.2. The number of benzene rings is 2. The second kappa shape index (κ2) is 9.13. The minimum Gasteiger partial charge on any atom is -0.484 e. The molecule has 0 saturated heterocycles. The smallest absolute Gasteiger partial charge is 0.276 e. The first-order valence-electron chi connectivity index (χ1n) is 7.86. The van der Waals surface area contributed by atoms with Crippen LogP contribution in [0.4, 0.5) is 0 Å². The average molecular weight is 358 g/mol. The predicted octanol–water partition coefficient (Wildman–Crippen LogP) is 3.01. The SMILES string of the molecule is CSCc1ccc(C(=O)NNC(=O)COc2ccc(C)c(C)c2)cc1. The molecular weight excluding hydrogens is 336 g/mol. The Bertz CT molecular complexity index is 745. The van der Waals surface area contributed by atoms with Crippen molar-refractivity contribution >= 4 is 23.6 Å². The molecule has 0 radical (unpaired) electrons. The van der Waals surface area contributed by atoms with Gasteiger partial charge in [-0.1, -0.05) is 18.2 Å². The Balaban J connectivity index is 1.78. The molecule has 0 aliphatic rings. The normalized spacial score (nSPS) is 10.2. The van der Waals surface area contributed by atoms with Crippen LogP contribution in [0.3, 0.4) is 0 Å².